The molecule has 2 rings (SSSR count). The molecule has 0 bridgehead atoms. The van der Waals surface area contributed by atoms with Gasteiger partial charge in [-0.2, -0.15) is 5.21 Å². The van der Waals surface area contributed by atoms with Crippen molar-refractivity contribution in [3.63, 3.8) is 0 Å². The molecule has 1 aromatic heterocycles. The fourth-order valence-electron chi connectivity index (χ4n) is 1.74. The summed E-state index contributed by atoms with van der Waals surface area (Å²) in [5.74, 6) is 0.375. The van der Waals surface area contributed by atoms with Crippen molar-refractivity contribution in [2.24, 2.45) is 11.1 Å². The van der Waals surface area contributed by atoms with Crippen LogP contribution in [0.1, 0.15) is 27.2 Å². The van der Waals surface area contributed by atoms with E-state index in [-0.39, 0.29) is 23.8 Å². The summed E-state index contributed by atoms with van der Waals surface area (Å²) in [5.41, 5.74) is 7.37. The lowest BCUT2D eigenvalue weighted by atomic mass is 9.85. The van der Waals surface area contributed by atoms with Gasteiger partial charge in [0.1, 0.15) is 0 Å². The highest BCUT2D eigenvalue weighted by atomic mass is 16.1. The van der Waals surface area contributed by atoms with E-state index in [1.54, 1.807) is 6.07 Å². The van der Waals surface area contributed by atoms with Gasteiger partial charge in [0.05, 0.1) is 0 Å². The zero-order valence-corrected chi connectivity index (χ0v) is 12.4. The standard InChI is InChI=1S/C14H20N6O/c1-14(2,3)11(15)8-12(21)16-10-6-4-5-9(7-10)13-17-19-20-18-13/h4-7,11H,8,15H2,1-3H3,(H,16,21)(H,17,18,19,20). The summed E-state index contributed by atoms with van der Waals surface area (Å²) in [6.07, 6.45) is 0.274. The molecule has 1 amide bonds. The zero-order valence-electron chi connectivity index (χ0n) is 12.4. The predicted octanol–water partition coefficient (Wildman–Crippen LogP) is 1.57. The Bertz CT molecular complexity index is 602. The maximum absolute atomic E-state index is 12.0. The van der Waals surface area contributed by atoms with E-state index in [9.17, 15) is 4.79 Å². The van der Waals surface area contributed by atoms with E-state index in [1.165, 1.54) is 0 Å². The van der Waals surface area contributed by atoms with E-state index >= 15 is 0 Å². The molecular formula is C14H20N6O. The third kappa shape index (κ3) is 4.09. The van der Waals surface area contributed by atoms with Gasteiger partial charge >= 0.3 is 0 Å². The van der Waals surface area contributed by atoms with Crippen LogP contribution < -0.4 is 11.1 Å². The third-order valence-corrected chi connectivity index (χ3v) is 3.27. The van der Waals surface area contributed by atoms with Crippen molar-refractivity contribution in [2.75, 3.05) is 5.32 Å². The number of nitrogens with zero attached hydrogens (tertiary/aromatic N) is 3. The van der Waals surface area contributed by atoms with Gasteiger partial charge in [0.15, 0.2) is 0 Å². The largest absolute Gasteiger partial charge is 0.327 e. The number of aromatic nitrogens is 4. The van der Waals surface area contributed by atoms with Crippen molar-refractivity contribution >= 4 is 11.6 Å². The number of nitrogens with two attached hydrogens (primary N) is 1. The van der Waals surface area contributed by atoms with E-state index in [2.05, 4.69) is 25.9 Å². The Kier molecular flexibility index (Phi) is 4.32. The summed E-state index contributed by atoms with van der Waals surface area (Å²) in [5, 5.41) is 16.6. The lowest BCUT2D eigenvalue weighted by Crippen LogP contribution is -2.38. The molecule has 4 N–H and O–H groups in total. The summed E-state index contributed by atoms with van der Waals surface area (Å²) in [4.78, 5) is 12.0. The predicted molar refractivity (Wildman–Crippen MR) is 80.3 cm³/mol. The molecule has 21 heavy (non-hydrogen) atoms. The van der Waals surface area contributed by atoms with Crippen LogP contribution in [0.3, 0.4) is 0 Å². The Hall–Kier alpha value is -2.28. The van der Waals surface area contributed by atoms with Crippen LogP contribution in [0.5, 0.6) is 0 Å². The average Bonchev–Trinajstić information content (AvgIpc) is 2.91. The Morgan fingerprint density at radius 2 is 2.19 bits per heavy atom. The molecule has 7 nitrogen and oxygen atoms in total. The Morgan fingerprint density at radius 3 is 2.81 bits per heavy atom. The van der Waals surface area contributed by atoms with Gasteiger partial charge in [-0.15, -0.1) is 10.2 Å². The summed E-state index contributed by atoms with van der Waals surface area (Å²) in [6, 6.07) is 7.08. The van der Waals surface area contributed by atoms with Gasteiger partial charge in [-0.05, 0) is 22.8 Å². The molecular weight excluding hydrogens is 268 g/mol. The lowest BCUT2D eigenvalue weighted by Gasteiger charge is -2.26. The minimum atomic E-state index is -0.196. The smallest absolute Gasteiger partial charge is 0.225 e. The first-order valence-electron chi connectivity index (χ1n) is 6.75. The molecule has 1 unspecified atom stereocenters. The van der Waals surface area contributed by atoms with Crippen molar-refractivity contribution in [3.8, 4) is 11.4 Å². The number of amides is 1. The number of carbonyl (C=O) groups is 1. The number of H-pyrrole nitrogens is 1. The van der Waals surface area contributed by atoms with Crippen LogP contribution in [0.25, 0.3) is 11.4 Å². The molecule has 0 aliphatic carbocycles. The van der Waals surface area contributed by atoms with Gasteiger partial charge in [0.25, 0.3) is 0 Å². The molecule has 112 valence electrons. The first kappa shape index (κ1) is 15.1. The Morgan fingerprint density at radius 1 is 1.43 bits per heavy atom. The van der Waals surface area contributed by atoms with Crippen LogP contribution in [0.4, 0.5) is 5.69 Å². The minimum absolute atomic E-state index is 0.107. The fraction of sp³-hybridized carbons (Fsp3) is 0.429. The number of rotatable bonds is 4. The molecule has 0 aliphatic rings. The molecule has 1 heterocycles. The van der Waals surface area contributed by atoms with Gasteiger partial charge in [-0.25, -0.2) is 0 Å². The SMILES string of the molecule is CC(C)(C)C(N)CC(=O)Nc1cccc(-c2nn[nH]n2)c1. The van der Waals surface area contributed by atoms with E-state index in [0.29, 0.717) is 11.5 Å². The van der Waals surface area contributed by atoms with E-state index in [4.69, 9.17) is 5.73 Å². The van der Waals surface area contributed by atoms with Gasteiger partial charge < -0.3 is 11.1 Å². The number of aromatic amines is 1. The average molecular weight is 288 g/mol. The number of anilines is 1. The van der Waals surface area contributed by atoms with Crippen LogP contribution in [0, 0.1) is 5.41 Å². The number of nitrogens with one attached hydrogen (secondary N) is 2. The summed E-state index contributed by atoms with van der Waals surface area (Å²) in [6.45, 7) is 6.05. The van der Waals surface area contributed by atoms with Gasteiger partial charge in [-0.1, -0.05) is 32.9 Å². The number of hydrogen-bond acceptors (Lipinski definition) is 5. The minimum Gasteiger partial charge on any atom is -0.327 e. The molecule has 0 fully saturated rings. The van der Waals surface area contributed by atoms with Crippen molar-refractivity contribution in [3.05, 3.63) is 24.3 Å². The molecule has 1 atom stereocenters. The van der Waals surface area contributed by atoms with Crippen LogP contribution in [0.2, 0.25) is 0 Å². The molecule has 0 saturated carbocycles. The van der Waals surface area contributed by atoms with Gasteiger partial charge in [0.2, 0.25) is 11.7 Å². The number of hydrogen-bond donors (Lipinski definition) is 3. The second kappa shape index (κ2) is 6.01. The van der Waals surface area contributed by atoms with Gasteiger partial charge in [-0.3, -0.25) is 4.79 Å². The molecule has 7 heteroatoms. The van der Waals surface area contributed by atoms with Crippen LogP contribution >= 0.6 is 0 Å². The quantitative estimate of drug-likeness (QED) is 0.791. The molecule has 0 spiro atoms. The normalized spacial score (nSPS) is 13.0. The molecule has 2 aromatic rings. The second-order valence-electron chi connectivity index (χ2n) is 6.04. The van der Waals surface area contributed by atoms with Crippen molar-refractivity contribution in [1.29, 1.82) is 0 Å². The van der Waals surface area contributed by atoms with E-state index in [1.807, 2.05) is 39.0 Å². The fourth-order valence-corrected chi connectivity index (χ4v) is 1.74. The summed E-state index contributed by atoms with van der Waals surface area (Å²) >= 11 is 0. The van der Waals surface area contributed by atoms with E-state index in [0.717, 1.165) is 5.56 Å². The summed E-state index contributed by atoms with van der Waals surface area (Å²) < 4.78 is 0. The summed E-state index contributed by atoms with van der Waals surface area (Å²) in [7, 11) is 0. The number of carbonyl (C=O) groups excluding carboxylic acids is 1. The highest BCUT2D eigenvalue weighted by Gasteiger charge is 2.23. The third-order valence-electron chi connectivity index (χ3n) is 3.27. The molecule has 0 saturated heterocycles. The molecule has 0 radical (unpaired) electrons. The topological polar surface area (TPSA) is 110 Å². The van der Waals surface area contributed by atoms with Crippen LogP contribution in [-0.2, 0) is 4.79 Å². The van der Waals surface area contributed by atoms with Crippen LogP contribution in [0.15, 0.2) is 24.3 Å². The van der Waals surface area contributed by atoms with Crippen molar-refractivity contribution < 1.29 is 4.79 Å². The monoisotopic (exact) mass is 288 g/mol. The molecule has 0 aliphatic heterocycles. The maximum Gasteiger partial charge on any atom is 0.225 e. The lowest BCUT2D eigenvalue weighted by molar-refractivity contribution is -0.117. The second-order valence-corrected chi connectivity index (χ2v) is 6.04. The Labute approximate surface area is 123 Å². The number of benzene rings is 1. The van der Waals surface area contributed by atoms with E-state index < -0.39 is 0 Å². The highest BCUT2D eigenvalue weighted by molar-refractivity contribution is 5.91. The zero-order chi connectivity index (χ0) is 15.5. The molecule has 1 aromatic carbocycles. The van der Waals surface area contributed by atoms with Gasteiger partial charge in [0, 0.05) is 23.7 Å². The van der Waals surface area contributed by atoms with Crippen molar-refractivity contribution in [2.45, 2.75) is 33.2 Å². The first-order valence-corrected chi connectivity index (χ1v) is 6.75. The van der Waals surface area contributed by atoms with Crippen LogP contribution in [-0.4, -0.2) is 32.6 Å². The highest BCUT2D eigenvalue weighted by Crippen LogP contribution is 2.21. The first-order chi connectivity index (χ1) is 9.86. The maximum atomic E-state index is 12.0. The Balaban J connectivity index is 2.03. The van der Waals surface area contributed by atoms with Crippen molar-refractivity contribution in [1.82, 2.24) is 20.6 Å². The number of tetrazole rings is 1.